The Morgan fingerprint density at radius 1 is 1.19 bits per heavy atom. The molecule has 1 aliphatic heterocycles. The fourth-order valence-corrected chi connectivity index (χ4v) is 3.45. The first-order valence-electron chi connectivity index (χ1n) is 8.27. The number of amides is 2. The van der Waals surface area contributed by atoms with Crippen LogP contribution in [0.3, 0.4) is 0 Å². The number of rotatable bonds is 7. The molecule has 0 unspecified atom stereocenters. The number of benzene rings is 2. The zero-order valence-electron chi connectivity index (χ0n) is 14.0. The molecule has 2 N–H and O–H groups in total. The number of ether oxygens (including phenoxy) is 1. The molecular weight excluding hydrogens is 372 g/mol. The number of para-hydroxylation sites is 2. The molecule has 1 aliphatic rings. The molecule has 1 heterocycles. The van der Waals surface area contributed by atoms with Gasteiger partial charge in [0.05, 0.1) is 12.1 Å². The van der Waals surface area contributed by atoms with Crippen molar-refractivity contribution in [3.05, 3.63) is 59.1 Å². The predicted octanol–water partition coefficient (Wildman–Crippen LogP) is 3.48. The van der Waals surface area contributed by atoms with Crippen molar-refractivity contribution >= 4 is 40.9 Å². The zero-order chi connectivity index (χ0) is 18.4. The van der Waals surface area contributed by atoms with Crippen LogP contribution in [0.2, 0.25) is 5.02 Å². The van der Waals surface area contributed by atoms with Crippen LogP contribution in [0, 0.1) is 0 Å². The van der Waals surface area contributed by atoms with E-state index < -0.39 is 6.10 Å². The molecule has 0 saturated heterocycles. The lowest BCUT2D eigenvalue weighted by Crippen LogP contribution is -2.41. The summed E-state index contributed by atoms with van der Waals surface area (Å²) in [5.41, 5.74) is 1.82. The molecule has 2 aromatic rings. The first-order valence-corrected chi connectivity index (χ1v) is 9.80. The van der Waals surface area contributed by atoms with Crippen LogP contribution in [0.5, 0.6) is 5.75 Å². The van der Waals surface area contributed by atoms with Crippen molar-refractivity contribution in [1.29, 1.82) is 0 Å². The summed E-state index contributed by atoms with van der Waals surface area (Å²) in [6.07, 6.45) is -0.797. The molecule has 2 aromatic carbocycles. The van der Waals surface area contributed by atoms with Crippen LogP contribution in [-0.2, 0) is 15.3 Å². The second-order valence-corrected chi connectivity index (χ2v) is 7.37. The van der Waals surface area contributed by atoms with Gasteiger partial charge < -0.3 is 15.4 Å². The number of anilines is 1. The van der Waals surface area contributed by atoms with E-state index in [1.165, 1.54) is 5.56 Å². The maximum absolute atomic E-state index is 12.0. The average Bonchev–Trinajstić information content (AvgIpc) is 2.63. The summed E-state index contributed by atoms with van der Waals surface area (Å²) in [4.78, 5) is 24.1. The lowest BCUT2D eigenvalue weighted by atomic mass is 10.1. The summed E-state index contributed by atoms with van der Waals surface area (Å²) in [6, 6.07) is 14.9. The van der Waals surface area contributed by atoms with Crippen molar-refractivity contribution in [3.8, 4) is 5.75 Å². The summed E-state index contributed by atoms with van der Waals surface area (Å²) in [6.45, 7) is 0.544. The fourth-order valence-electron chi connectivity index (χ4n) is 2.50. The highest BCUT2D eigenvalue weighted by Crippen LogP contribution is 2.29. The third-order valence-corrected chi connectivity index (χ3v) is 5.11. The van der Waals surface area contributed by atoms with Gasteiger partial charge >= 0.3 is 0 Å². The van der Waals surface area contributed by atoms with Gasteiger partial charge in [-0.15, -0.1) is 0 Å². The summed E-state index contributed by atoms with van der Waals surface area (Å²) in [7, 11) is 0. The molecule has 0 spiro atoms. The average molecular weight is 391 g/mol. The first kappa shape index (κ1) is 18.6. The van der Waals surface area contributed by atoms with Crippen molar-refractivity contribution < 1.29 is 14.3 Å². The smallest absolute Gasteiger partial charge is 0.266 e. The Morgan fingerprint density at radius 2 is 1.96 bits per heavy atom. The Morgan fingerprint density at radius 3 is 2.77 bits per heavy atom. The van der Waals surface area contributed by atoms with Crippen molar-refractivity contribution in [2.24, 2.45) is 0 Å². The molecular formula is C19H19ClN2O3S. The topological polar surface area (TPSA) is 67.4 Å². The number of hydrogen-bond acceptors (Lipinski definition) is 4. The van der Waals surface area contributed by atoms with Crippen LogP contribution in [0.25, 0.3) is 0 Å². The summed E-state index contributed by atoms with van der Waals surface area (Å²) in [5.74, 6) is 1.74. The molecule has 0 bridgehead atoms. The van der Waals surface area contributed by atoms with Gasteiger partial charge in [0, 0.05) is 23.1 Å². The highest BCUT2D eigenvalue weighted by molar-refractivity contribution is 7.98. The molecule has 2 amide bonds. The Hall–Kier alpha value is -2.18. The van der Waals surface area contributed by atoms with Crippen LogP contribution >= 0.6 is 23.4 Å². The number of nitrogens with one attached hydrogen (secondary N) is 2. The molecule has 0 aromatic heterocycles. The molecule has 5 nitrogen and oxygen atoms in total. The lowest BCUT2D eigenvalue weighted by Gasteiger charge is -2.25. The standard InChI is InChI=1S/C19H19ClN2O3S/c20-14-7-5-13(6-8-14)12-26-10-9-21-18(23)11-17-19(24)22-15-3-1-2-4-16(15)25-17/h1-8,17H,9-12H2,(H,21,23)(H,22,24)/t17-/m1/s1. The Kier molecular flexibility index (Phi) is 6.41. The summed E-state index contributed by atoms with van der Waals surface area (Å²) < 4.78 is 5.62. The van der Waals surface area contributed by atoms with Crippen LogP contribution in [0.1, 0.15) is 12.0 Å². The van der Waals surface area contributed by atoms with Crippen molar-refractivity contribution in [3.63, 3.8) is 0 Å². The number of halogens is 1. The number of thioether (sulfide) groups is 1. The Labute approximate surface area is 161 Å². The Bertz CT molecular complexity index is 783. The number of carbonyl (C=O) groups excluding carboxylic acids is 2. The van der Waals surface area contributed by atoms with E-state index in [2.05, 4.69) is 10.6 Å². The predicted molar refractivity (Wildman–Crippen MR) is 105 cm³/mol. The van der Waals surface area contributed by atoms with E-state index in [1.54, 1.807) is 23.9 Å². The summed E-state index contributed by atoms with van der Waals surface area (Å²) >= 11 is 7.58. The molecule has 3 rings (SSSR count). The van der Waals surface area contributed by atoms with E-state index in [0.29, 0.717) is 18.0 Å². The highest BCUT2D eigenvalue weighted by Gasteiger charge is 2.29. The van der Waals surface area contributed by atoms with Crippen molar-refractivity contribution in [2.45, 2.75) is 18.3 Å². The fraction of sp³-hybridized carbons (Fsp3) is 0.263. The maximum Gasteiger partial charge on any atom is 0.266 e. The van der Waals surface area contributed by atoms with E-state index in [0.717, 1.165) is 16.5 Å². The van der Waals surface area contributed by atoms with Gasteiger partial charge in [-0.3, -0.25) is 9.59 Å². The normalized spacial score (nSPS) is 15.6. The van der Waals surface area contributed by atoms with E-state index in [1.807, 2.05) is 36.4 Å². The number of carbonyl (C=O) groups is 2. The van der Waals surface area contributed by atoms with Gasteiger partial charge in [-0.1, -0.05) is 35.9 Å². The monoisotopic (exact) mass is 390 g/mol. The largest absolute Gasteiger partial charge is 0.478 e. The van der Waals surface area contributed by atoms with Gasteiger partial charge in [0.2, 0.25) is 5.91 Å². The molecule has 0 radical (unpaired) electrons. The third-order valence-electron chi connectivity index (χ3n) is 3.83. The lowest BCUT2D eigenvalue weighted by molar-refractivity contribution is -0.130. The Balaban J connectivity index is 1.36. The second-order valence-electron chi connectivity index (χ2n) is 5.83. The van der Waals surface area contributed by atoms with Gasteiger partial charge in [-0.2, -0.15) is 11.8 Å². The van der Waals surface area contributed by atoms with Gasteiger partial charge in [0.25, 0.3) is 5.91 Å². The second kappa shape index (κ2) is 8.96. The van der Waals surface area contributed by atoms with Gasteiger partial charge in [0.1, 0.15) is 5.75 Å². The van der Waals surface area contributed by atoms with Crippen LogP contribution in [0.4, 0.5) is 5.69 Å². The zero-order valence-corrected chi connectivity index (χ0v) is 15.6. The quantitative estimate of drug-likeness (QED) is 0.710. The number of fused-ring (bicyclic) bond motifs is 1. The minimum absolute atomic E-state index is 0.00200. The minimum Gasteiger partial charge on any atom is -0.478 e. The molecule has 0 saturated carbocycles. The third kappa shape index (κ3) is 5.16. The van der Waals surface area contributed by atoms with E-state index in [-0.39, 0.29) is 18.2 Å². The van der Waals surface area contributed by atoms with Gasteiger partial charge in [0.15, 0.2) is 6.10 Å². The van der Waals surface area contributed by atoms with E-state index in [9.17, 15) is 9.59 Å². The van der Waals surface area contributed by atoms with Crippen LogP contribution in [-0.4, -0.2) is 30.2 Å². The van der Waals surface area contributed by atoms with Gasteiger partial charge in [-0.25, -0.2) is 0 Å². The van der Waals surface area contributed by atoms with Crippen LogP contribution < -0.4 is 15.4 Å². The highest BCUT2D eigenvalue weighted by atomic mass is 35.5. The van der Waals surface area contributed by atoms with Crippen molar-refractivity contribution in [2.75, 3.05) is 17.6 Å². The van der Waals surface area contributed by atoms with Crippen molar-refractivity contribution in [1.82, 2.24) is 5.32 Å². The SMILES string of the molecule is O=C(C[C@H]1Oc2ccccc2NC1=O)NCCSCc1ccc(Cl)cc1. The summed E-state index contributed by atoms with van der Waals surface area (Å²) in [5, 5.41) is 6.31. The number of hydrogen-bond donors (Lipinski definition) is 2. The molecule has 1 atom stereocenters. The van der Waals surface area contributed by atoms with E-state index in [4.69, 9.17) is 16.3 Å². The maximum atomic E-state index is 12.0. The molecule has 0 aliphatic carbocycles. The van der Waals surface area contributed by atoms with E-state index >= 15 is 0 Å². The molecule has 26 heavy (non-hydrogen) atoms. The molecule has 0 fully saturated rings. The molecule has 7 heteroatoms. The first-order chi connectivity index (χ1) is 12.6. The molecule has 136 valence electrons. The van der Waals surface area contributed by atoms with Crippen LogP contribution in [0.15, 0.2) is 48.5 Å². The minimum atomic E-state index is -0.799. The van der Waals surface area contributed by atoms with Gasteiger partial charge in [-0.05, 0) is 29.8 Å².